The van der Waals surface area contributed by atoms with Gasteiger partial charge in [-0.15, -0.1) is 10.1 Å². The molecular formula is C8H8N2O5. The number of nitrogens with two attached hydrogens (primary N) is 1. The highest BCUT2D eigenvalue weighted by atomic mass is 16.9. The van der Waals surface area contributed by atoms with E-state index < -0.39 is 11.2 Å². The average molecular weight is 212 g/mol. The van der Waals surface area contributed by atoms with Crippen molar-refractivity contribution in [1.82, 2.24) is 0 Å². The molecule has 2 N–H and O–H groups in total. The van der Waals surface area contributed by atoms with E-state index in [2.05, 4.69) is 9.57 Å². The number of carbonyl (C=O) groups is 1. The molecule has 0 aliphatic carbocycles. The van der Waals surface area contributed by atoms with Gasteiger partial charge >= 0.3 is 6.09 Å². The molecule has 1 rings (SSSR count). The highest BCUT2D eigenvalue weighted by Crippen LogP contribution is 2.12. The Morgan fingerprint density at radius 1 is 1.40 bits per heavy atom. The van der Waals surface area contributed by atoms with Crippen molar-refractivity contribution in [1.29, 1.82) is 0 Å². The van der Waals surface area contributed by atoms with E-state index in [-0.39, 0.29) is 12.4 Å². The van der Waals surface area contributed by atoms with Crippen LogP contribution in [0.3, 0.4) is 0 Å². The van der Waals surface area contributed by atoms with Crippen LogP contribution in [0.4, 0.5) is 4.79 Å². The molecule has 15 heavy (non-hydrogen) atoms. The highest BCUT2D eigenvalue weighted by Gasteiger charge is 2.00. The number of benzene rings is 1. The largest absolute Gasteiger partial charge is 0.411 e. The summed E-state index contributed by atoms with van der Waals surface area (Å²) in [6, 6.07) is 5.98. The molecule has 0 aromatic heterocycles. The van der Waals surface area contributed by atoms with Crippen LogP contribution in [-0.4, -0.2) is 11.2 Å². The van der Waals surface area contributed by atoms with Gasteiger partial charge in [0.15, 0.2) is 0 Å². The molecule has 0 spiro atoms. The molecule has 0 saturated carbocycles. The highest BCUT2D eigenvalue weighted by molar-refractivity contribution is 5.67. The van der Waals surface area contributed by atoms with E-state index in [4.69, 9.17) is 5.73 Å². The molecule has 0 saturated heterocycles. The van der Waals surface area contributed by atoms with Gasteiger partial charge in [-0.1, -0.05) is 12.1 Å². The minimum atomic E-state index is -0.913. The van der Waals surface area contributed by atoms with Crippen molar-refractivity contribution in [2.24, 2.45) is 5.73 Å². The molecular weight excluding hydrogens is 204 g/mol. The predicted octanol–water partition coefficient (Wildman–Crippen LogP) is 0.852. The van der Waals surface area contributed by atoms with Gasteiger partial charge in [0.25, 0.3) is 5.09 Å². The Balaban J connectivity index is 2.56. The molecule has 0 heterocycles. The fraction of sp³-hybridized carbons (Fsp3) is 0.125. The minimum absolute atomic E-state index is 0.149. The number of hydrogen-bond donors (Lipinski definition) is 1. The van der Waals surface area contributed by atoms with E-state index in [0.29, 0.717) is 5.56 Å². The second-order valence-electron chi connectivity index (χ2n) is 2.56. The number of ether oxygens (including phenoxy) is 1. The average Bonchev–Trinajstić information content (AvgIpc) is 2.16. The van der Waals surface area contributed by atoms with Crippen molar-refractivity contribution >= 4 is 6.09 Å². The molecule has 0 atom stereocenters. The third kappa shape index (κ3) is 3.94. The monoisotopic (exact) mass is 212 g/mol. The van der Waals surface area contributed by atoms with Gasteiger partial charge in [-0.3, -0.25) is 0 Å². The third-order valence-electron chi connectivity index (χ3n) is 1.48. The Labute approximate surface area is 84.5 Å². The maximum atomic E-state index is 10.4. The fourth-order valence-corrected chi connectivity index (χ4v) is 0.897. The summed E-state index contributed by atoms with van der Waals surface area (Å²) in [5, 5.41) is 9.00. The van der Waals surface area contributed by atoms with Gasteiger partial charge in [-0.2, -0.15) is 0 Å². The normalized spacial score (nSPS) is 9.33. The number of carbonyl (C=O) groups excluding carboxylic acids is 1. The molecule has 80 valence electrons. The lowest BCUT2D eigenvalue weighted by Gasteiger charge is -2.02. The number of primary amides is 1. The van der Waals surface area contributed by atoms with Crippen LogP contribution < -0.4 is 10.5 Å². The van der Waals surface area contributed by atoms with Gasteiger partial charge in [0.05, 0.1) is 0 Å². The maximum Gasteiger partial charge on any atom is 0.409 e. The first kappa shape index (κ1) is 10.8. The van der Waals surface area contributed by atoms with Gasteiger partial charge in [-0.25, -0.2) is 4.79 Å². The lowest BCUT2D eigenvalue weighted by atomic mass is 10.2. The smallest absolute Gasteiger partial charge is 0.409 e. The minimum Gasteiger partial charge on any atom is -0.411 e. The third-order valence-corrected chi connectivity index (χ3v) is 1.48. The van der Waals surface area contributed by atoms with Crippen LogP contribution in [0.2, 0.25) is 0 Å². The zero-order valence-corrected chi connectivity index (χ0v) is 7.58. The molecule has 0 fully saturated rings. The Bertz CT molecular complexity index is 362. The van der Waals surface area contributed by atoms with Crippen LogP contribution >= 0.6 is 0 Å². The van der Waals surface area contributed by atoms with Gasteiger partial charge < -0.3 is 15.3 Å². The lowest BCUT2D eigenvalue weighted by Crippen LogP contribution is -2.16. The molecule has 7 heteroatoms. The maximum absolute atomic E-state index is 10.4. The molecule has 1 aromatic carbocycles. The van der Waals surface area contributed by atoms with Gasteiger partial charge in [-0.05, 0) is 17.7 Å². The summed E-state index contributed by atoms with van der Waals surface area (Å²) in [5.74, 6) is 0.271. The van der Waals surface area contributed by atoms with Crippen molar-refractivity contribution in [2.45, 2.75) is 6.61 Å². The molecule has 0 bridgehead atoms. The summed E-state index contributed by atoms with van der Waals surface area (Å²) in [6.45, 7) is -0.149. The van der Waals surface area contributed by atoms with Crippen LogP contribution in [0.5, 0.6) is 5.75 Å². The Morgan fingerprint density at radius 2 is 2.00 bits per heavy atom. The van der Waals surface area contributed by atoms with E-state index in [1.807, 2.05) is 0 Å². The van der Waals surface area contributed by atoms with Crippen molar-refractivity contribution in [2.75, 3.05) is 0 Å². The number of rotatable bonds is 4. The number of hydrogen-bond acceptors (Lipinski definition) is 5. The summed E-state index contributed by atoms with van der Waals surface area (Å²) in [4.78, 5) is 24.4. The number of amides is 1. The van der Waals surface area contributed by atoms with Crippen LogP contribution in [0.1, 0.15) is 5.56 Å². The Hall–Kier alpha value is -2.31. The van der Waals surface area contributed by atoms with Crippen molar-refractivity contribution in [3.8, 4) is 5.75 Å². The van der Waals surface area contributed by atoms with Crippen LogP contribution in [0, 0.1) is 10.1 Å². The standard InChI is InChI=1S/C8H8N2O5/c9-8(11)15-7-3-1-6(2-4-7)5-14-10(12)13/h1-4H,5H2,(H2,9,11). The van der Waals surface area contributed by atoms with Crippen molar-refractivity contribution in [3.05, 3.63) is 39.9 Å². The molecule has 0 unspecified atom stereocenters. The van der Waals surface area contributed by atoms with E-state index in [1.165, 1.54) is 24.3 Å². The summed E-state index contributed by atoms with van der Waals surface area (Å²) >= 11 is 0. The zero-order valence-electron chi connectivity index (χ0n) is 7.58. The second-order valence-corrected chi connectivity index (χ2v) is 2.56. The first-order valence-electron chi connectivity index (χ1n) is 3.91. The molecule has 0 aliphatic heterocycles. The first-order valence-corrected chi connectivity index (χ1v) is 3.91. The fourth-order valence-electron chi connectivity index (χ4n) is 0.897. The van der Waals surface area contributed by atoms with Crippen molar-refractivity contribution in [3.63, 3.8) is 0 Å². The molecule has 1 aromatic rings. The summed E-state index contributed by atoms with van der Waals surface area (Å²) in [7, 11) is 0. The Kier molecular flexibility index (Phi) is 3.44. The summed E-state index contributed by atoms with van der Waals surface area (Å²) < 4.78 is 4.56. The number of nitrogens with zero attached hydrogens (tertiary/aromatic N) is 1. The molecule has 7 nitrogen and oxygen atoms in total. The Morgan fingerprint density at radius 3 is 2.47 bits per heavy atom. The van der Waals surface area contributed by atoms with E-state index in [9.17, 15) is 14.9 Å². The SMILES string of the molecule is NC(=O)Oc1ccc(CO[N+](=O)[O-])cc1. The molecule has 0 aliphatic rings. The van der Waals surface area contributed by atoms with Gasteiger partial charge in [0.1, 0.15) is 12.4 Å². The van der Waals surface area contributed by atoms with Crippen molar-refractivity contribution < 1.29 is 19.5 Å². The summed E-state index contributed by atoms with van der Waals surface area (Å²) in [5.41, 5.74) is 5.37. The quantitative estimate of drug-likeness (QED) is 0.588. The predicted molar refractivity (Wildman–Crippen MR) is 48.4 cm³/mol. The van der Waals surface area contributed by atoms with Crippen LogP contribution in [0.25, 0.3) is 0 Å². The van der Waals surface area contributed by atoms with Gasteiger partial charge in [0.2, 0.25) is 0 Å². The van der Waals surface area contributed by atoms with E-state index in [0.717, 1.165) is 0 Å². The lowest BCUT2D eigenvalue weighted by molar-refractivity contribution is -0.763. The molecule has 1 amide bonds. The van der Waals surface area contributed by atoms with Crippen LogP contribution in [-0.2, 0) is 11.4 Å². The van der Waals surface area contributed by atoms with Gasteiger partial charge in [0, 0.05) is 0 Å². The van der Waals surface area contributed by atoms with E-state index in [1.54, 1.807) is 0 Å². The zero-order chi connectivity index (χ0) is 11.3. The second kappa shape index (κ2) is 4.80. The van der Waals surface area contributed by atoms with E-state index >= 15 is 0 Å². The van der Waals surface area contributed by atoms with Crippen LogP contribution in [0.15, 0.2) is 24.3 Å². The first-order chi connectivity index (χ1) is 7.08. The summed E-state index contributed by atoms with van der Waals surface area (Å²) in [6.07, 6.45) is -0.913. The topological polar surface area (TPSA) is 105 Å². The molecule has 0 radical (unpaired) electrons.